The zero-order valence-corrected chi connectivity index (χ0v) is 11.7. The van der Waals surface area contributed by atoms with Crippen molar-refractivity contribution in [3.05, 3.63) is 29.8 Å². The van der Waals surface area contributed by atoms with Crippen LogP contribution in [-0.2, 0) is 4.74 Å². The molecule has 3 atom stereocenters. The summed E-state index contributed by atoms with van der Waals surface area (Å²) < 4.78 is 21.2. The van der Waals surface area contributed by atoms with Crippen molar-refractivity contribution >= 4 is 22.6 Å². The van der Waals surface area contributed by atoms with E-state index in [0.717, 1.165) is 29.9 Å². The number of fused-ring (bicyclic) bond motifs is 1. The van der Waals surface area contributed by atoms with Gasteiger partial charge in [0.25, 0.3) is 0 Å². The summed E-state index contributed by atoms with van der Waals surface area (Å²) in [5.74, 6) is 0.526. The molecular weight excluding hydrogens is 267 g/mol. The minimum absolute atomic E-state index is 0.0924. The van der Waals surface area contributed by atoms with E-state index in [1.807, 2.05) is 18.4 Å². The Morgan fingerprint density at radius 1 is 1.53 bits per heavy atom. The van der Waals surface area contributed by atoms with Crippen molar-refractivity contribution in [1.82, 2.24) is 9.55 Å². The Kier molecular flexibility index (Phi) is 3.23. The van der Waals surface area contributed by atoms with Crippen LogP contribution in [0.2, 0.25) is 0 Å². The number of benzene rings is 1. The first-order chi connectivity index (χ1) is 9.08. The summed E-state index contributed by atoms with van der Waals surface area (Å²) in [5.41, 5.74) is 1.58. The maximum absolute atomic E-state index is 13.5. The fraction of sp³-hybridized carbons (Fsp3) is 0.500. The summed E-state index contributed by atoms with van der Waals surface area (Å²) in [4.78, 5) is 4.54. The minimum Gasteiger partial charge on any atom is -0.376 e. The Labute approximate surface area is 116 Å². The first-order valence-corrected chi connectivity index (χ1v) is 6.94. The van der Waals surface area contributed by atoms with Gasteiger partial charge in [0.15, 0.2) is 0 Å². The Morgan fingerprint density at radius 2 is 2.32 bits per heavy atom. The SMILES string of the molecule is CC(Cl)c1nc2ccc(F)cc2n1C1CCOC1C. The normalized spacial score (nSPS) is 25.1. The van der Waals surface area contributed by atoms with Gasteiger partial charge in [-0.25, -0.2) is 9.37 Å². The number of aromatic nitrogens is 2. The van der Waals surface area contributed by atoms with E-state index in [2.05, 4.69) is 4.98 Å². The van der Waals surface area contributed by atoms with Crippen molar-refractivity contribution in [3.63, 3.8) is 0 Å². The first-order valence-electron chi connectivity index (χ1n) is 6.51. The molecular formula is C14H16ClFN2O. The monoisotopic (exact) mass is 282 g/mol. The number of alkyl halides is 1. The second-order valence-electron chi connectivity index (χ2n) is 5.02. The average Bonchev–Trinajstić information content (AvgIpc) is 2.92. The molecule has 19 heavy (non-hydrogen) atoms. The van der Waals surface area contributed by atoms with Gasteiger partial charge in [-0.1, -0.05) is 0 Å². The quantitative estimate of drug-likeness (QED) is 0.783. The van der Waals surface area contributed by atoms with E-state index in [1.165, 1.54) is 12.1 Å². The molecule has 3 rings (SSSR count). The first kappa shape index (κ1) is 12.9. The lowest BCUT2D eigenvalue weighted by molar-refractivity contribution is 0.108. The van der Waals surface area contributed by atoms with Crippen molar-refractivity contribution in [3.8, 4) is 0 Å². The van der Waals surface area contributed by atoms with Crippen LogP contribution in [0.25, 0.3) is 11.0 Å². The summed E-state index contributed by atoms with van der Waals surface area (Å²) in [6.45, 7) is 4.64. The Hall–Kier alpha value is -1.13. The van der Waals surface area contributed by atoms with Crippen molar-refractivity contribution in [2.75, 3.05) is 6.61 Å². The highest BCUT2D eigenvalue weighted by atomic mass is 35.5. The zero-order chi connectivity index (χ0) is 13.6. The Balaban J connectivity index is 2.23. The van der Waals surface area contributed by atoms with E-state index in [1.54, 1.807) is 6.07 Å². The van der Waals surface area contributed by atoms with Crippen molar-refractivity contribution in [1.29, 1.82) is 0 Å². The molecule has 102 valence electrons. The van der Waals surface area contributed by atoms with E-state index < -0.39 is 0 Å². The molecule has 1 aromatic heterocycles. The van der Waals surface area contributed by atoms with Crippen LogP contribution in [0.4, 0.5) is 4.39 Å². The molecule has 0 spiro atoms. The van der Waals surface area contributed by atoms with Crippen LogP contribution in [0.1, 0.15) is 37.5 Å². The van der Waals surface area contributed by atoms with E-state index in [0.29, 0.717) is 0 Å². The average molecular weight is 283 g/mol. The van der Waals surface area contributed by atoms with E-state index in [4.69, 9.17) is 16.3 Å². The molecule has 3 unspecified atom stereocenters. The molecule has 0 aliphatic carbocycles. The molecule has 3 nitrogen and oxygen atoms in total. The molecule has 5 heteroatoms. The Morgan fingerprint density at radius 3 is 2.95 bits per heavy atom. The number of halogens is 2. The number of nitrogens with zero attached hydrogens (tertiary/aromatic N) is 2. The third-order valence-corrected chi connectivity index (χ3v) is 3.90. The predicted octanol–water partition coefficient (Wildman–Crippen LogP) is 3.83. The molecule has 0 amide bonds. The third-order valence-electron chi connectivity index (χ3n) is 3.70. The van der Waals surface area contributed by atoms with E-state index in [-0.39, 0.29) is 23.3 Å². The van der Waals surface area contributed by atoms with E-state index in [9.17, 15) is 4.39 Å². The van der Waals surface area contributed by atoms with Crippen LogP contribution in [0.15, 0.2) is 18.2 Å². The van der Waals surface area contributed by atoms with Crippen LogP contribution in [0, 0.1) is 5.82 Å². The number of hydrogen-bond acceptors (Lipinski definition) is 2. The zero-order valence-electron chi connectivity index (χ0n) is 10.9. The number of imidazole rings is 1. The molecule has 1 aliphatic rings. The van der Waals surface area contributed by atoms with Gasteiger partial charge in [-0.05, 0) is 38.5 Å². The van der Waals surface area contributed by atoms with Crippen molar-refractivity contribution in [2.24, 2.45) is 0 Å². The predicted molar refractivity (Wildman–Crippen MR) is 73.0 cm³/mol. The summed E-state index contributed by atoms with van der Waals surface area (Å²) in [5, 5.41) is -0.219. The molecule has 0 saturated carbocycles. The molecule has 0 bridgehead atoms. The largest absolute Gasteiger partial charge is 0.376 e. The van der Waals surface area contributed by atoms with Gasteiger partial charge in [-0.15, -0.1) is 11.6 Å². The van der Waals surface area contributed by atoms with Gasteiger partial charge in [-0.3, -0.25) is 0 Å². The topological polar surface area (TPSA) is 27.1 Å². The van der Waals surface area contributed by atoms with Gasteiger partial charge in [0, 0.05) is 6.61 Å². The second kappa shape index (κ2) is 4.76. The van der Waals surface area contributed by atoms with E-state index >= 15 is 0 Å². The minimum atomic E-state index is -0.256. The van der Waals surface area contributed by atoms with Crippen LogP contribution in [-0.4, -0.2) is 22.3 Å². The fourth-order valence-electron chi connectivity index (χ4n) is 2.77. The number of ether oxygens (including phenoxy) is 1. The highest BCUT2D eigenvalue weighted by Gasteiger charge is 2.30. The maximum atomic E-state index is 13.5. The highest BCUT2D eigenvalue weighted by Crippen LogP contribution is 2.34. The van der Waals surface area contributed by atoms with Gasteiger partial charge in [0.2, 0.25) is 0 Å². The maximum Gasteiger partial charge on any atom is 0.128 e. The van der Waals surface area contributed by atoms with Crippen molar-refractivity contribution in [2.45, 2.75) is 37.8 Å². The molecule has 1 aromatic carbocycles. The van der Waals surface area contributed by atoms with Crippen LogP contribution in [0.5, 0.6) is 0 Å². The molecule has 2 heterocycles. The standard InChI is InChI=1S/C14H16ClFN2O/c1-8(15)14-17-11-4-3-10(16)7-13(11)18(14)12-5-6-19-9(12)2/h3-4,7-9,12H,5-6H2,1-2H3. The molecule has 1 aliphatic heterocycles. The molecule has 0 N–H and O–H groups in total. The summed E-state index contributed by atoms with van der Waals surface area (Å²) in [6, 6.07) is 4.82. The van der Waals surface area contributed by atoms with Crippen molar-refractivity contribution < 1.29 is 9.13 Å². The molecule has 2 aromatic rings. The summed E-state index contributed by atoms with van der Waals surface area (Å²) >= 11 is 6.23. The summed E-state index contributed by atoms with van der Waals surface area (Å²) in [6.07, 6.45) is 0.995. The van der Waals surface area contributed by atoms with Crippen LogP contribution < -0.4 is 0 Å². The highest BCUT2D eigenvalue weighted by molar-refractivity contribution is 6.20. The second-order valence-corrected chi connectivity index (χ2v) is 5.68. The molecule has 0 radical (unpaired) electrons. The third kappa shape index (κ3) is 2.13. The van der Waals surface area contributed by atoms with Gasteiger partial charge in [-0.2, -0.15) is 0 Å². The lowest BCUT2D eigenvalue weighted by Crippen LogP contribution is -2.19. The fourth-order valence-corrected chi connectivity index (χ4v) is 2.93. The van der Waals surface area contributed by atoms with Gasteiger partial charge >= 0.3 is 0 Å². The molecule has 1 saturated heterocycles. The lowest BCUT2D eigenvalue weighted by Gasteiger charge is -2.20. The van der Waals surface area contributed by atoms with Gasteiger partial charge < -0.3 is 9.30 Å². The molecule has 1 fully saturated rings. The number of rotatable bonds is 2. The van der Waals surface area contributed by atoms with Gasteiger partial charge in [0.1, 0.15) is 11.6 Å². The van der Waals surface area contributed by atoms with Gasteiger partial charge in [0.05, 0.1) is 28.6 Å². The smallest absolute Gasteiger partial charge is 0.128 e. The van der Waals surface area contributed by atoms with Crippen LogP contribution in [0.3, 0.4) is 0 Å². The summed E-state index contributed by atoms with van der Waals surface area (Å²) in [7, 11) is 0. The Bertz CT molecular complexity index is 611. The van der Waals surface area contributed by atoms with Crippen LogP contribution >= 0.6 is 11.6 Å². The lowest BCUT2D eigenvalue weighted by atomic mass is 10.1. The number of hydrogen-bond donors (Lipinski definition) is 0.